The highest BCUT2D eigenvalue weighted by molar-refractivity contribution is 5.76. The van der Waals surface area contributed by atoms with Gasteiger partial charge in [0.05, 0.1) is 11.7 Å². The third-order valence-electron chi connectivity index (χ3n) is 5.44. The van der Waals surface area contributed by atoms with Crippen LogP contribution in [0.1, 0.15) is 42.3 Å². The van der Waals surface area contributed by atoms with E-state index in [1.54, 1.807) is 16.9 Å². The molecule has 2 aromatic heterocycles. The van der Waals surface area contributed by atoms with Gasteiger partial charge in [0, 0.05) is 30.6 Å². The lowest BCUT2D eigenvalue weighted by molar-refractivity contribution is -0.132. The van der Waals surface area contributed by atoms with E-state index in [1.165, 1.54) is 12.1 Å². The second-order valence-corrected chi connectivity index (χ2v) is 7.36. The predicted molar refractivity (Wildman–Crippen MR) is 102 cm³/mol. The van der Waals surface area contributed by atoms with E-state index in [9.17, 15) is 9.18 Å². The Labute approximate surface area is 167 Å². The molecule has 1 aliphatic heterocycles. The Balaban J connectivity index is 1.31. The van der Waals surface area contributed by atoms with Crippen molar-refractivity contribution >= 4 is 5.91 Å². The van der Waals surface area contributed by atoms with Gasteiger partial charge in [-0.1, -0.05) is 5.16 Å². The van der Waals surface area contributed by atoms with Crippen LogP contribution >= 0.6 is 0 Å². The number of carbonyl (C=O) groups is 1. The second-order valence-electron chi connectivity index (χ2n) is 7.36. The molecule has 4 rings (SSSR count). The highest BCUT2D eigenvalue weighted by atomic mass is 19.1. The molecular weight excluding hydrogens is 375 g/mol. The van der Waals surface area contributed by atoms with Crippen molar-refractivity contribution < 1.29 is 13.7 Å². The Morgan fingerprint density at radius 1 is 1.21 bits per heavy atom. The van der Waals surface area contributed by atoms with Crippen molar-refractivity contribution in [3.8, 4) is 11.4 Å². The molecule has 8 nitrogen and oxygen atoms in total. The van der Waals surface area contributed by atoms with Gasteiger partial charge in [0.15, 0.2) is 0 Å². The van der Waals surface area contributed by atoms with Crippen LogP contribution in [0.2, 0.25) is 0 Å². The van der Waals surface area contributed by atoms with E-state index in [-0.39, 0.29) is 17.8 Å². The molecule has 0 saturated carbocycles. The molecule has 0 unspecified atom stereocenters. The fourth-order valence-electron chi connectivity index (χ4n) is 3.69. The number of hydrogen-bond acceptors (Lipinski definition) is 6. The molecule has 3 aromatic rings. The normalized spacial score (nSPS) is 15.1. The largest absolute Gasteiger partial charge is 0.361 e. The lowest BCUT2D eigenvalue weighted by Crippen LogP contribution is -2.39. The highest BCUT2D eigenvalue weighted by Crippen LogP contribution is 2.23. The van der Waals surface area contributed by atoms with Crippen LogP contribution in [0.3, 0.4) is 0 Å². The molecule has 1 saturated heterocycles. The van der Waals surface area contributed by atoms with Gasteiger partial charge in [-0.2, -0.15) is 4.80 Å². The minimum absolute atomic E-state index is 0.100. The molecule has 1 fully saturated rings. The van der Waals surface area contributed by atoms with Crippen LogP contribution in [0, 0.1) is 19.7 Å². The topological polar surface area (TPSA) is 89.9 Å². The minimum Gasteiger partial charge on any atom is -0.361 e. The lowest BCUT2D eigenvalue weighted by atomic mass is 10.0. The number of hydrogen-bond donors (Lipinski definition) is 0. The van der Waals surface area contributed by atoms with Gasteiger partial charge in [-0.3, -0.25) is 4.79 Å². The number of tetrazole rings is 1. The number of piperidine rings is 1. The number of aromatic nitrogens is 5. The van der Waals surface area contributed by atoms with Crippen molar-refractivity contribution in [2.45, 2.75) is 45.6 Å². The second kappa shape index (κ2) is 8.10. The van der Waals surface area contributed by atoms with Crippen LogP contribution in [0.15, 0.2) is 28.8 Å². The van der Waals surface area contributed by atoms with Crippen molar-refractivity contribution in [1.82, 2.24) is 30.3 Å². The van der Waals surface area contributed by atoms with Gasteiger partial charge >= 0.3 is 0 Å². The first-order chi connectivity index (χ1) is 14.0. The van der Waals surface area contributed by atoms with Gasteiger partial charge in [0.25, 0.3) is 0 Å². The molecule has 1 aromatic carbocycles. The quantitative estimate of drug-likeness (QED) is 0.656. The summed E-state index contributed by atoms with van der Waals surface area (Å²) in [5.74, 6) is 1.10. The van der Waals surface area contributed by atoms with Crippen molar-refractivity contribution in [3.05, 3.63) is 47.1 Å². The zero-order valence-electron chi connectivity index (χ0n) is 16.5. The SMILES string of the molecule is Cc1noc(C)c1CCC(=O)N1CCC(n2nnc(-c3ccc(F)cc3)n2)CC1. The standard InChI is InChI=1S/C20H23FN6O2/c1-13-18(14(2)29-24-13)7-8-19(28)26-11-9-17(10-12-26)27-23-20(22-25-27)15-3-5-16(21)6-4-15/h3-6,17H,7-12H2,1-2H3. The van der Waals surface area contributed by atoms with Gasteiger partial charge in [0.1, 0.15) is 11.6 Å². The molecular formula is C20H23FN6O2. The number of likely N-dealkylation sites (tertiary alicyclic amines) is 1. The summed E-state index contributed by atoms with van der Waals surface area (Å²) in [7, 11) is 0. The van der Waals surface area contributed by atoms with Gasteiger partial charge in [-0.05, 0) is 62.6 Å². The van der Waals surface area contributed by atoms with Crippen LogP contribution in [-0.2, 0) is 11.2 Å². The molecule has 1 amide bonds. The van der Waals surface area contributed by atoms with E-state index in [0.29, 0.717) is 31.8 Å². The lowest BCUT2D eigenvalue weighted by Gasteiger charge is -2.31. The van der Waals surface area contributed by atoms with Crippen LogP contribution in [0.25, 0.3) is 11.4 Å². The zero-order valence-corrected chi connectivity index (χ0v) is 16.5. The molecule has 9 heteroatoms. The maximum atomic E-state index is 13.1. The van der Waals surface area contributed by atoms with E-state index >= 15 is 0 Å². The highest BCUT2D eigenvalue weighted by Gasteiger charge is 2.26. The maximum Gasteiger partial charge on any atom is 0.222 e. The third-order valence-corrected chi connectivity index (χ3v) is 5.44. The van der Waals surface area contributed by atoms with Crippen molar-refractivity contribution in [2.75, 3.05) is 13.1 Å². The average Bonchev–Trinajstić information content (AvgIpc) is 3.34. The molecule has 0 aliphatic carbocycles. The van der Waals surface area contributed by atoms with E-state index < -0.39 is 0 Å². The van der Waals surface area contributed by atoms with Crippen molar-refractivity contribution in [3.63, 3.8) is 0 Å². The Hall–Kier alpha value is -3.10. The fourth-order valence-corrected chi connectivity index (χ4v) is 3.69. The van der Waals surface area contributed by atoms with E-state index in [1.807, 2.05) is 18.7 Å². The number of benzene rings is 1. The molecule has 29 heavy (non-hydrogen) atoms. The summed E-state index contributed by atoms with van der Waals surface area (Å²) >= 11 is 0. The Bertz CT molecular complexity index is 969. The summed E-state index contributed by atoms with van der Waals surface area (Å²) in [6, 6.07) is 6.13. The zero-order chi connectivity index (χ0) is 20.4. The summed E-state index contributed by atoms with van der Waals surface area (Å²) in [6.45, 7) is 5.10. The Morgan fingerprint density at radius 3 is 2.59 bits per heavy atom. The summed E-state index contributed by atoms with van der Waals surface area (Å²) in [5.41, 5.74) is 2.60. The summed E-state index contributed by atoms with van der Waals surface area (Å²) in [5, 5.41) is 16.6. The van der Waals surface area contributed by atoms with Gasteiger partial charge in [0.2, 0.25) is 11.7 Å². The number of amides is 1. The molecule has 0 spiro atoms. The number of aryl methyl sites for hydroxylation is 2. The van der Waals surface area contributed by atoms with Crippen LogP contribution < -0.4 is 0 Å². The van der Waals surface area contributed by atoms with Crippen LogP contribution in [-0.4, -0.2) is 49.3 Å². The molecule has 0 N–H and O–H groups in total. The van der Waals surface area contributed by atoms with E-state index in [2.05, 4.69) is 20.6 Å². The molecule has 0 atom stereocenters. The summed E-state index contributed by atoms with van der Waals surface area (Å²) < 4.78 is 18.2. The molecule has 0 bridgehead atoms. The molecule has 152 valence electrons. The Kier molecular flexibility index (Phi) is 5.37. The molecule has 0 radical (unpaired) electrons. The van der Waals surface area contributed by atoms with Crippen LogP contribution in [0.5, 0.6) is 0 Å². The first-order valence-corrected chi connectivity index (χ1v) is 9.76. The Morgan fingerprint density at radius 2 is 1.93 bits per heavy atom. The van der Waals surface area contributed by atoms with Crippen LogP contribution in [0.4, 0.5) is 4.39 Å². The third kappa shape index (κ3) is 4.18. The van der Waals surface area contributed by atoms with E-state index in [0.717, 1.165) is 35.4 Å². The fraction of sp³-hybridized carbons (Fsp3) is 0.450. The summed E-state index contributed by atoms with van der Waals surface area (Å²) in [4.78, 5) is 16.1. The van der Waals surface area contributed by atoms with Gasteiger partial charge < -0.3 is 9.42 Å². The minimum atomic E-state index is -0.299. The van der Waals surface area contributed by atoms with E-state index in [4.69, 9.17) is 4.52 Å². The number of rotatable bonds is 5. The smallest absolute Gasteiger partial charge is 0.222 e. The van der Waals surface area contributed by atoms with Gasteiger partial charge in [-0.15, -0.1) is 10.2 Å². The maximum absolute atomic E-state index is 13.1. The first-order valence-electron chi connectivity index (χ1n) is 9.76. The predicted octanol–water partition coefficient (Wildman–Crippen LogP) is 2.88. The van der Waals surface area contributed by atoms with Crippen molar-refractivity contribution in [1.29, 1.82) is 0 Å². The first kappa shape index (κ1) is 19.2. The summed E-state index contributed by atoms with van der Waals surface area (Å²) in [6.07, 6.45) is 2.64. The monoisotopic (exact) mass is 398 g/mol. The van der Waals surface area contributed by atoms with Crippen molar-refractivity contribution in [2.24, 2.45) is 0 Å². The number of halogens is 1. The average molecular weight is 398 g/mol. The molecule has 3 heterocycles. The number of nitrogens with zero attached hydrogens (tertiary/aromatic N) is 6. The molecule has 1 aliphatic rings. The van der Waals surface area contributed by atoms with Gasteiger partial charge in [-0.25, -0.2) is 4.39 Å². The number of carbonyl (C=O) groups excluding carboxylic acids is 1.